The lowest BCUT2D eigenvalue weighted by atomic mass is 10.0. The predicted molar refractivity (Wildman–Crippen MR) is 69.4 cm³/mol. The fraction of sp³-hybridized carbons (Fsp3) is 0.143. The Morgan fingerprint density at radius 1 is 0.800 bits per heavy atom. The summed E-state index contributed by atoms with van der Waals surface area (Å²) >= 11 is 4.25. The number of hydrogen-bond donors (Lipinski definition) is 1. The average Bonchev–Trinajstić information content (AvgIpc) is 2.31. The van der Waals surface area contributed by atoms with Crippen molar-refractivity contribution in [3.05, 3.63) is 60.2 Å². The molecule has 15 heavy (non-hydrogen) atoms. The van der Waals surface area contributed by atoms with Crippen molar-refractivity contribution in [3.63, 3.8) is 0 Å². The minimum Gasteiger partial charge on any atom is -0.179 e. The van der Waals surface area contributed by atoms with Gasteiger partial charge in [0.05, 0.1) is 0 Å². The second kappa shape index (κ2) is 5.04. The summed E-state index contributed by atoms with van der Waals surface area (Å²) in [6, 6.07) is 19.1. The second-order valence-electron chi connectivity index (χ2n) is 3.54. The summed E-state index contributed by atoms with van der Waals surface area (Å²) in [5.74, 6) is 0.901. The van der Waals surface area contributed by atoms with Gasteiger partial charge < -0.3 is 0 Å². The summed E-state index contributed by atoms with van der Waals surface area (Å²) in [4.78, 5) is 0. The van der Waals surface area contributed by atoms with E-state index in [9.17, 15) is 0 Å². The Morgan fingerprint density at radius 3 is 2.27 bits per heavy atom. The van der Waals surface area contributed by atoms with Crippen LogP contribution in [-0.2, 0) is 6.42 Å². The maximum Gasteiger partial charge on any atom is -0.00574 e. The largest absolute Gasteiger partial charge is 0.179 e. The van der Waals surface area contributed by atoms with Crippen LogP contribution < -0.4 is 0 Å². The highest BCUT2D eigenvalue weighted by atomic mass is 32.1. The van der Waals surface area contributed by atoms with Gasteiger partial charge in [-0.25, -0.2) is 0 Å². The molecule has 0 atom stereocenters. The molecule has 2 aromatic rings. The third kappa shape index (κ3) is 2.63. The Kier molecular flexibility index (Phi) is 3.46. The van der Waals surface area contributed by atoms with Crippen LogP contribution in [-0.4, -0.2) is 5.75 Å². The Hall–Kier alpha value is -1.21. The minimum absolute atomic E-state index is 0.901. The van der Waals surface area contributed by atoms with Gasteiger partial charge in [-0.1, -0.05) is 54.6 Å². The molecule has 1 heteroatoms. The van der Waals surface area contributed by atoms with Crippen LogP contribution in [0.15, 0.2) is 54.6 Å². The van der Waals surface area contributed by atoms with E-state index in [1.807, 2.05) is 6.07 Å². The van der Waals surface area contributed by atoms with E-state index in [1.54, 1.807) is 0 Å². The van der Waals surface area contributed by atoms with Crippen LogP contribution >= 0.6 is 12.6 Å². The van der Waals surface area contributed by atoms with Crippen LogP contribution in [0.3, 0.4) is 0 Å². The monoisotopic (exact) mass is 214 g/mol. The van der Waals surface area contributed by atoms with Crippen LogP contribution in [0.25, 0.3) is 11.1 Å². The quantitative estimate of drug-likeness (QED) is 0.738. The highest BCUT2D eigenvalue weighted by Crippen LogP contribution is 2.20. The molecule has 0 bridgehead atoms. The number of hydrogen-bond acceptors (Lipinski definition) is 1. The van der Waals surface area contributed by atoms with Crippen molar-refractivity contribution in [3.8, 4) is 11.1 Å². The molecule has 2 aromatic carbocycles. The minimum atomic E-state index is 0.901. The van der Waals surface area contributed by atoms with Crippen molar-refractivity contribution in [2.45, 2.75) is 6.42 Å². The second-order valence-corrected chi connectivity index (χ2v) is 3.99. The van der Waals surface area contributed by atoms with Gasteiger partial charge in [0.25, 0.3) is 0 Å². The smallest absolute Gasteiger partial charge is 0.00574 e. The molecule has 76 valence electrons. The molecule has 0 N–H and O–H groups in total. The van der Waals surface area contributed by atoms with Gasteiger partial charge >= 0.3 is 0 Å². The van der Waals surface area contributed by atoms with Crippen molar-refractivity contribution in [2.24, 2.45) is 0 Å². The summed E-state index contributed by atoms with van der Waals surface area (Å²) in [5.41, 5.74) is 3.92. The van der Waals surface area contributed by atoms with Crippen LogP contribution in [0.2, 0.25) is 0 Å². The first-order chi connectivity index (χ1) is 7.40. The molecule has 0 aromatic heterocycles. The first kappa shape index (κ1) is 10.3. The van der Waals surface area contributed by atoms with Crippen LogP contribution in [0.4, 0.5) is 0 Å². The molecule has 0 aliphatic carbocycles. The van der Waals surface area contributed by atoms with Gasteiger partial charge in [-0.15, -0.1) is 0 Å². The molecular formula is C14H14S. The van der Waals surface area contributed by atoms with Crippen LogP contribution in [0.1, 0.15) is 5.56 Å². The zero-order chi connectivity index (χ0) is 10.5. The molecule has 0 nitrogen and oxygen atoms in total. The Balaban J connectivity index is 2.33. The van der Waals surface area contributed by atoms with Crippen molar-refractivity contribution >= 4 is 12.6 Å². The third-order valence-electron chi connectivity index (χ3n) is 2.43. The SMILES string of the molecule is SCCc1cccc(-c2ccccc2)c1. The van der Waals surface area contributed by atoms with Gasteiger partial charge in [0.15, 0.2) is 0 Å². The number of benzene rings is 2. The average molecular weight is 214 g/mol. The van der Waals surface area contributed by atoms with Crippen molar-refractivity contribution in [2.75, 3.05) is 5.75 Å². The molecule has 2 rings (SSSR count). The van der Waals surface area contributed by atoms with Gasteiger partial charge in [-0.2, -0.15) is 12.6 Å². The van der Waals surface area contributed by atoms with Gasteiger partial charge in [0, 0.05) is 0 Å². The fourth-order valence-corrected chi connectivity index (χ4v) is 1.92. The van der Waals surface area contributed by atoms with E-state index in [0.29, 0.717) is 0 Å². The molecular weight excluding hydrogens is 200 g/mol. The standard InChI is InChI=1S/C14H14S/c15-10-9-12-5-4-8-14(11-12)13-6-2-1-3-7-13/h1-8,11,15H,9-10H2. The van der Waals surface area contributed by atoms with Gasteiger partial charge in [-0.05, 0) is 28.9 Å². The summed E-state index contributed by atoms with van der Waals surface area (Å²) in [6.07, 6.45) is 1.03. The molecule has 0 heterocycles. The Bertz CT molecular complexity index is 420. The molecule has 0 amide bonds. The zero-order valence-corrected chi connectivity index (χ0v) is 9.45. The first-order valence-electron chi connectivity index (χ1n) is 5.15. The molecule has 0 aliphatic heterocycles. The Labute approximate surface area is 96.4 Å². The van der Waals surface area contributed by atoms with E-state index in [4.69, 9.17) is 0 Å². The highest BCUT2D eigenvalue weighted by Gasteiger charge is 1.97. The number of thiol groups is 1. The maximum atomic E-state index is 4.25. The van der Waals surface area contributed by atoms with E-state index in [-0.39, 0.29) is 0 Å². The topological polar surface area (TPSA) is 0 Å². The Morgan fingerprint density at radius 2 is 1.53 bits per heavy atom. The lowest BCUT2D eigenvalue weighted by Gasteiger charge is -2.04. The number of aryl methyl sites for hydroxylation is 1. The van der Waals surface area contributed by atoms with Gasteiger partial charge in [-0.3, -0.25) is 0 Å². The number of rotatable bonds is 3. The summed E-state index contributed by atoms with van der Waals surface area (Å²) < 4.78 is 0. The molecule has 0 saturated heterocycles. The first-order valence-corrected chi connectivity index (χ1v) is 5.78. The lowest BCUT2D eigenvalue weighted by molar-refractivity contribution is 1.16. The summed E-state index contributed by atoms with van der Waals surface area (Å²) in [5, 5.41) is 0. The van der Waals surface area contributed by atoms with Crippen LogP contribution in [0, 0.1) is 0 Å². The third-order valence-corrected chi connectivity index (χ3v) is 2.66. The maximum absolute atomic E-state index is 4.25. The van der Waals surface area contributed by atoms with Crippen LogP contribution in [0.5, 0.6) is 0 Å². The van der Waals surface area contributed by atoms with Gasteiger partial charge in [0.1, 0.15) is 0 Å². The van der Waals surface area contributed by atoms with E-state index in [1.165, 1.54) is 16.7 Å². The molecule has 0 saturated carbocycles. The fourth-order valence-electron chi connectivity index (χ4n) is 1.67. The molecule has 0 aliphatic rings. The van der Waals surface area contributed by atoms with Crippen molar-refractivity contribution in [1.82, 2.24) is 0 Å². The van der Waals surface area contributed by atoms with E-state index >= 15 is 0 Å². The van der Waals surface area contributed by atoms with E-state index in [0.717, 1.165) is 12.2 Å². The molecule has 0 fully saturated rings. The van der Waals surface area contributed by atoms with E-state index in [2.05, 4.69) is 61.2 Å². The summed E-state index contributed by atoms with van der Waals surface area (Å²) in [7, 11) is 0. The molecule has 0 radical (unpaired) electrons. The lowest BCUT2D eigenvalue weighted by Crippen LogP contribution is -1.86. The predicted octanol–water partition coefficient (Wildman–Crippen LogP) is 3.83. The normalized spacial score (nSPS) is 10.2. The zero-order valence-electron chi connectivity index (χ0n) is 8.56. The van der Waals surface area contributed by atoms with Crippen molar-refractivity contribution in [1.29, 1.82) is 0 Å². The highest BCUT2D eigenvalue weighted by molar-refractivity contribution is 7.80. The molecule has 0 spiro atoms. The summed E-state index contributed by atoms with van der Waals surface area (Å²) in [6.45, 7) is 0. The van der Waals surface area contributed by atoms with Crippen molar-refractivity contribution < 1.29 is 0 Å². The van der Waals surface area contributed by atoms with E-state index < -0.39 is 0 Å². The molecule has 0 unspecified atom stereocenters. The van der Waals surface area contributed by atoms with Gasteiger partial charge in [0.2, 0.25) is 0 Å².